The molecule has 3 rings (SSSR count). The molecule has 0 aliphatic heterocycles. The smallest absolute Gasteiger partial charge is 0.164 e. The quantitative estimate of drug-likeness (QED) is 0.135. The Morgan fingerprint density at radius 2 is 1.59 bits per heavy atom. The molecule has 0 fully saturated rings. The maximum Gasteiger partial charge on any atom is 0.164 e. The second-order valence-electron chi connectivity index (χ2n) is 12.7. The minimum atomic E-state index is -0.319. The number of allylic oxidation sites excluding steroid dienone is 2. The Morgan fingerprint density at radius 3 is 2.10 bits per heavy atom. The van der Waals surface area contributed by atoms with Crippen LogP contribution in [-0.4, -0.2) is 15.9 Å². The third-order valence-electron chi connectivity index (χ3n) is 8.42. The Morgan fingerprint density at radius 1 is 0.976 bits per heavy atom. The summed E-state index contributed by atoms with van der Waals surface area (Å²) in [6.45, 7) is 23.4. The zero-order valence-electron chi connectivity index (χ0n) is 27.2. The molecule has 227 valence electrons. The summed E-state index contributed by atoms with van der Waals surface area (Å²) in [6, 6.07) is 16.8. The molecule has 3 aromatic rings. The Labute approximate surface area is 263 Å². The fraction of sp³-hybridized carbons (Fsp3) is 0.514. The molecule has 1 N–H and O–H groups in total. The molecule has 41 heavy (non-hydrogen) atoms. The molecule has 0 saturated heterocycles. The molecule has 0 amide bonds. The molecule has 1 heterocycles. The van der Waals surface area contributed by atoms with Crippen LogP contribution < -0.4 is 0 Å². The number of hydrogen-bond acceptors (Lipinski definition) is 3. The largest absolute Gasteiger partial charge is 0.512 e. The van der Waals surface area contributed by atoms with Gasteiger partial charge in [-0.1, -0.05) is 94.4 Å². The first-order valence-corrected chi connectivity index (χ1v) is 15.1. The van der Waals surface area contributed by atoms with Crippen LogP contribution in [0.2, 0.25) is 0 Å². The Kier molecular flexibility index (Phi) is 14.2. The van der Waals surface area contributed by atoms with Crippen molar-refractivity contribution in [1.29, 1.82) is 0 Å². The summed E-state index contributed by atoms with van der Waals surface area (Å²) in [4.78, 5) is 16.7. The maximum atomic E-state index is 12.0. The number of carbonyl (C=O) groups excluding carboxylic acids is 1. The monoisotopic (exact) mass is 735 g/mol. The summed E-state index contributed by atoms with van der Waals surface area (Å²) >= 11 is 0. The van der Waals surface area contributed by atoms with Crippen molar-refractivity contribution in [3.8, 4) is 11.3 Å². The summed E-state index contributed by atoms with van der Waals surface area (Å²) in [5.41, 5.74) is 5.76. The summed E-state index contributed by atoms with van der Waals surface area (Å²) < 4.78 is 0. The molecule has 0 spiro atoms. The molecule has 0 saturated carbocycles. The van der Waals surface area contributed by atoms with Gasteiger partial charge in [-0.05, 0) is 65.1 Å². The van der Waals surface area contributed by atoms with Crippen molar-refractivity contribution in [1.82, 2.24) is 4.98 Å². The average molecular weight is 735 g/mol. The van der Waals surface area contributed by atoms with Gasteiger partial charge in [0.25, 0.3) is 0 Å². The van der Waals surface area contributed by atoms with Gasteiger partial charge in [0.15, 0.2) is 5.78 Å². The van der Waals surface area contributed by atoms with Gasteiger partial charge in [-0.15, -0.1) is 34.9 Å². The van der Waals surface area contributed by atoms with Crippen LogP contribution in [0, 0.1) is 24.3 Å². The van der Waals surface area contributed by atoms with Crippen molar-refractivity contribution in [2.45, 2.75) is 113 Å². The Bertz CT molecular complexity index is 1310. The van der Waals surface area contributed by atoms with E-state index in [4.69, 9.17) is 0 Å². The van der Waals surface area contributed by atoms with Crippen LogP contribution >= 0.6 is 0 Å². The van der Waals surface area contributed by atoms with Crippen LogP contribution in [0.5, 0.6) is 0 Å². The third kappa shape index (κ3) is 9.62. The number of carbonyl (C=O) groups is 1. The molecular weight excluding hydrogens is 683 g/mol. The number of nitrogens with zero attached hydrogens (tertiary/aromatic N) is 1. The van der Waals surface area contributed by atoms with Crippen LogP contribution in [0.1, 0.15) is 118 Å². The molecule has 2 aromatic carbocycles. The SMILES string of the molecule is CCC(CC)/C(O)=C/C(=O)C(C)(CC)CC.Cc1[c-]c(-c2nccc3cc(C(C)C)ccc23)cc(C(C)(C)C)c1.[Ir]. The third-order valence-corrected chi connectivity index (χ3v) is 8.42. The molecule has 0 unspecified atom stereocenters. The number of pyridine rings is 1. The summed E-state index contributed by atoms with van der Waals surface area (Å²) in [5, 5.41) is 12.3. The Balaban J connectivity index is 0.000000437. The number of aliphatic hydroxyl groups is 1. The van der Waals surface area contributed by atoms with E-state index in [1.807, 2.05) is 40.8 Å². The molecular formula is C37H52IrNO2-. The summed E-state index contributed by atoms with van der Waals surface area (Å²) in [7, 11) is 0. The van der Waals surface area contributed by atoms with Gasteiger partial charge in [-0.3, -0.25) is 4.79 Å². The second kappa shape index (κ2) is 15.8. The molecule has 3 nitrogen and oxygen atoms in total. The number of aromatic nitrogens is 1. The van der Waals surface area contributed by atoms with Gasteiger partial charge in [-0.2, -0.15) is 0 Å². The first kappa shape index (κ1) is 36.7. The van der Waals surface area contributed by atoms with E-state index in [-0.39, 0.29) is 48.4 Å². The van der Waals surface area contributed by atoms with E-state index < -0.39 is 0 Å². The van der Waals surface area contributed by atoms with E-state index in [0.29, 0.717) is 5.92 Å². The minimum Gasteiger partial charge on any atom is -0.512 e. The number of rotatable bonds is 9. The van der Waals surface area contributed by atoms with E-state index in [1.165, 1.54) is 28.0 Å². The van der Waals surface area contributed by atoms with Crippen molar-refractivity contribution in [3.63, 3.8) is 0 Å². The topological polar surface area (TPSA) is 50.2 Å². The number of fused-ring (bicyclic) bond motifs is 1. The zero-order valence-corrected chi connectivity index (χ0v) is 29.6. The number of hydrogen-bond donors (Lipinski definition) is 1. The molecule has 1 aromatic heterocycles. The van der Waals surface area contributed by atoms with Gasteiger partial charge in [0.05, 0.1) is 5.76 Å². The normalized spacial score (nSPS) is 12.3. The molecule has 4 heteroatoms. The van der Waals surface area contributed by atoms with Gasteiger partial charge < -0.3 is 10.1 Å². The standard InChI is InChI=1S/C23H26N.C14H26O2.Ir/c1-15(2)17-7-8-21-18(13-17)9-10-24-22(21)19-11-16(3)12-20(14-19)23(4,5)6;1-6-11(7-2)12(15)10-13(16)14(5,8-3)9-4;/h7-10,12-15H,1-6H3;10-11,15H,6-9H2,1-5H3;/q-1;;/b;12-10-;. The number of ketones is 1. The van der Waals surface area contributed by atoms with Crippen molar-refractivity contribution >= 4 is 16.6 Å². The van der Waals surface area contributed by atoms with Gasteiger partial charge in [0.1, 0.15) is 0 Å². The first-order chi connectivity index (χ1) is 18.7. The number of benzene rings is 2. The van der Waals surface area contributed by atoms with Crippen LogP contribution in [-0.2, 0) is 30.3 Å². The fourth-order valence-electron chi connectivity index (χ4n) is 4.78. The summed E-state index contributed by atoms with van der Waals surface area (Å²) in [6.07, 6.45) is 6.74. The zero-order chi connectivity index (χ0) is 30.3. The molecule has 0 atom stereocenters. The van der Waals surface area contributed by atoms with E-state index in [2.05, 4.69) is 89.0 Å². The van der Waals surface area contributed by atoms with E-state index in [9.17, 15) is 9.90 Å². The maximum absolute atomic E-state index is 12.0. The molecule has 0 aliphatic rings. The van der Waals surface area contributed by atoms with Crippen molar-refractivity contribution in [2.75, 3.05) is 0 Å². The average Bonchev–Trinajstić information content (AvgIpc) is 2.92. The van der Waals surface area contributed by atoms with Crippen molar-refractivity contribution < 1.29 is 30.0 Å². The second-order valence-corrected chi connectivity index (χ2v) is 12.7. The Hall–Kier alpha value is -2.29. The first-order valence-electron chi connectivity index (χ1n) is 15.1. The molecule has 1 radical (unpaired) electrons. The van der Waals surface area contributed by atoms with E-state index in [0.717, 1.165) is 42.5 Å². The van der Waals surface area contributed by atoms with Gasteiger partial charge in [0.2, 0.25) is 0 Å². The van der Waals surface area contributed by atoms with Crippen LogP contribution in [0.4, 0.5) is 0 Å². The number of aliphatic hydroxyl groups excluding tert-OH is 1. The van der Waals surface area contributed by atoms with Crippen LogP contribution in [0.15, 0.2) is 54.4 Å². The van der Waals surface area contributed by atoms with Crippen molar-refractivity contribution in [2.24, 2.45) is 11.3 Å². The number of aryl methyl sites for hydroxylation is 1. The molecule has 0 aliphatic carbocycles. The van der Waals surface area contributed by atoms with Gasteiger partial charge in [-0.25, -0.2) is 0 Å². The summed E-state index contributed by atoms with van der Waals surface area (Å²) in [5.74, 6) is 0.968. The van der Waals surface area contributed by atoms with Gasteiger partial charge >= 0.3 is 0 Å². The predicted molar refractivity (Wildman–Crippen MR) is 172 cm³/mol. The predicted octanol–water partition coefficient (Wildman–Crippen LogP) is 10.7. The van der Waals surface area contributed by atoms with E-state index in [1.54, 1.807) is 0 Å². The minimum absolute atomic E-state index is 0. The van der Waals surface area contributed by atoms with Crippen molar-refractivity contribution in [3.05, 3.63) is 77.2 Å². The molecule has 0 bridgehead atoms. The van der Waals surface area contributed by atoms with Crippen LogP contribution in [0.3, 0.4) is 0 Å². The van der Waals surface area contributed by atoms with E-state index >= 15 is 0 Å². The van der Waals surface area contributed by atoms with Crippen LogP contribution in [0.25, 0.3) is 22.0 Å². The fourth-order valence-corrected chi connectivity index (χ4v) is 4.78. The van der Waals surface area contributed by atoms with Gasteiger partial charge in [0, 0.05) is 43.7 Å².